The molecule has 1 aliphatic rings. The number of hydrogen-bond donors (Lipinski definition) is 1. The van der Waals surface area contributed by atoms with Gasteiger partial charge in [-0.05, 0) is 77.3 Å². The number of amides is 1. The molecule has 1 amide bonds. The standard InChI is InChI=1S/C23H28N2O5/c1-5-29-17-10-8-16(9-11-17)21(26)19-20(18-12-7-15(2)30-18)25(23(28)22(19)27)14-6-13-24(3)4/h7-12,20,26H,5-6,13-14H2,1-4H3/b21-19-. The smallest absolute Gasteiger partial charge is 0.295 e. The van der Waals surface area contributed by atoms with Gasteiger partial charge in [-0.25, -0.2) is 0 Å². The van der Waals surface area contributed by atoms with Gasteiger partial charge in [-0.3, -0.25) is 9.59 Å². The molecular weight excluding hydrogens is 384 g/mol. The number of aliphatic hydroxyl groups is 1. The maximum atomic E-state index is 12.9. The molecule has 1 saturated heterocycles. The molecule has 1 N–H and O–H groups in total. The van der Waals surface area contributed by atoms with Crippen molar-refractivity contribution in [3.63, 3.8) is 0 Å². The van der Waals surface area contributed by atoms with Gasteiger partial charge in [0.2, 0.25) is 0 Å². The Labute approximate surface area is 176 Å². The molecule has 1 aromatic heterocycles. The summed E-state index contributed by atoms with van der Waals surface area (Å²) in [4.78, 5) is 29.2. The highest BCUT2D eigenvalue weighted by Gasteiger charge is 2.47. The van der Waals surface area contributed by atoms with Crippen molar-refractivity contribution in [2.24, 2.45) is 0 Å². The van der Waals surface area contributed by atoms with Gasteiger partial charge in [0, 0.05) is 12.1 Å². The molecule has 0 saturated carbocycles. The third kappa shape index (κ3) is 4.41. The lowest BCUT2D eigenvalue weighted by Gasteiger charge is -2.24. The van der Waals surface area contributed by atoms with Crippen LogP contribution in [-0.4, -0.2) is 60.4 Å². The van der Waals surface area contributed by atoms with Crippen molar-refractivity contribution in [3.05, 3.63) is 59.1 Å². The number of carbonyl (C=O) groups is 2. The number of aliphatic hydroxyl groups excluding tert-OH is 1. The number of Topliss-reactive ketones (excluding diaryl/α,β-unsaturated/α-hetero) is 1. The van der Waals surface area contributed by atoms with Gasteiger partial charge >= 0.3 is 0 Å². The SMILES string of the molecule is CCOc1ccc(/C(O)=C2/C(=O)C(=O)N(CCCN(C)C)C2c2ccc(C)o2)cc1. The van der Waals surface area contributed by atoms with Gasteiger partial charge in [0.1, 0.15) is 29.1 Å². The van der Waals surface area contributed by atoms with E-state index in [-0.39, 0.29) is 11.3 Å². The van der Waals surface area contributed by atoms with E-state index in [9.17, 15) is 14.7 Å². The van der Waals surface area contributed by atoms with Crippen molar-refractivity contribution in [2.75, 3.05) is 33.8 Å². The van der Waals surface area contributed by atoms with Crippen LogP contribution in [0.15, 0.2) is 46.4 Å². The van der Waals surface area contributed by atoms with Crippen LogP contribution >= 0.6 is 0 Å². The maximum absolute atomic E-state index is 12.9. The Balaban J connectivity index is 2.02. The normalized spacial score (nSPS) is 18.4. The van der Waals surface area contributed by atoms with E-state index in [1.165, 1.54) is 4.90 Å². The van der Waals surface area contributed by atoms with Crippen LogP contribution in [0.4, 0.5) is 0 Å². The molecular formula is C23H28N2O5. The molecule has 3 rings (SSSR count). The fourth-order valence-corrected chi connectivity index (χ4v) is 3.60. The zero-order valence-corrected chi connectivity index (χ0v) is 17.8. The minimum absolute atomic E-state index is 0.0448. The monoisotopic (exact) mass is 412 g/mol. The van der Waals surface area contributed by atoms with E-state index in [1.807, 2.05) is 25.9 Å². The van der Waals surface area contributed by atoms with Gasteiger partial charge in [0.15, 0.2) is 0 Å². The summed E-state index contributed by atoms with van der Waals surface area (Å²) in [6.45, 7) is 5.37. The van der Waals surface area contributed by atoms with Crippen LogP contribution in [0.1, 0.15) is 36.5 Å². The molecule has 7 heteroatoms. The summed E-state index contributed by atoms with van der Waals surface area (Å²) in [6.07, 6.45) is 0.694. The zero-order valence-electron chi connectivity index (χ0n) is 17.8. The number of hydrogen-bond acceptors (Lipinski definition) is 6. The van der Waals surface area contributed by atoms with Crippen molar-refractivity contribution in [3.8, 4) is 5.75 Å². The average Bonchev–Trinajstić information content (AvgIpc) is 3.24. The minimum Gasteiger partial charge on any atom is -0.507 e. The van der Waals surface area contributed by atoms with E-state index in [0.29, 0.717) is 42.4 Å². The van der Waals surface area contributed by atoms with Crippen LogP contribution in [0.5, 0.6) is 5.75 Å². The highest BCUT2D eigenvalue weighted by Crippen LogP contribution is 2.40. The molecule has 1 aromatic carbocycles. The second-order valence-electron chi connectivity index (χ2n) is 7.56. The molecule has 1 aliphatic heterocycles. The number of rotatable bonds is 8. The Kier molecular flexibility index (Phi) is 6.62. The summed E-state index contributed by atoms with van der Waals surface area (Å²) in [5, 5.41) is 11.0. The number of aryl methyl sites for hydroxylation is 1. The van der Waals surface area contributed by atoms with Crippen LogP contribution in [0, 0.1) is 6.92 Å². The molecule has 2 heterocycles. The largest absolute Gasteiger partial charge is 0.507 e. The quantitative estimate of drug-likeness (QED) is 0.407. The van der Waals surface area contributed by atoms with Gasteiger partial charge < -0.3 is 24.1 Å². The van der Waals surface area contributed by atoms with Crippen molar-refractivity contribution < 1.29 is 23.8 Å². The number of nitrogens with zero attached hydrogens (tertiary/aromatic N) is 2. The zero-order chi connectivity index (χ0) is 21.8. The molecule has 0 bridgehead atoms. The first-order chi connectivity index (χ1) is 14.3. The molecule has 0 spiro atoms. The van der Waals surface area contributed by atoms with Gasteiger partial charge in [-0.1, -0.05) is 0 Å². The van der Waals surface area contributed by atoms with E-state index in [2.05, 4.69) is 0 Å². The third-order valence-electron chi connectivity index (χ3n) is 5.01. The van der Waals surface area contributed by atoms with Crippen molar-refractivity contribution in [1.82, 2.24) is 9.80 Å². The summed E-state index contributed by atoms with van der Waals surface area (Å²) < 4.78 is 11.2. The Bertz CT molecular complexity index is 943. The Morgan fingerprint density at radius 3 is 2.43 bits per heavy atom. The van der Waals surface area contributed by atoms with Gasteiger partial charge in [0.25, 0.3) is 11.7 Å². The lowest BCUT2D eigenvalue weighted by atomic mass is 9.99. The average molecular weight is 412 g/mol. The number of benzene rings is 1. The number of likely N-dealkylation sites (tertiary alicyclic amines) is 1. The summed E-state index contributed by atoms with van der Waals surface area (Å²) in [5.41, 5.74) is 0.487. The van der Waals surface area contributed by atoms with Crippen LogP contribution in [0.2, 0.25) is 0 Å². The molecule has 0 radical (unpaired) electrons. The molecule has 2 aromatic rings. The van der Waals surface area contributed by atoms with Gasteiger partial charge in [-0.2, -0.15) is 0 Å². The fraction of sp³-hybridized carbons (Fsp3) is 0.391. The maximum Gasteiger partial charge on any atom is 0.295 e. The number of furan rings is 1. The lowest BCUT2D eigenvalue weighted by molar-refractivity contribution is -0.140. The summed E-state index contributed by atoms with van der Waals surface area (Å²) in [5.74, 6) is 0.251. The van der Waals surface area contributed by atoms with Crippen LogP contribution in [0.25, 0.3) is 5.76 Å². The minimum atomic E-state index is -0.757. The Morgan fingerprint density at radius 2 is 1.87 bits per heavy atom. The van der Waals surface area contributed by atoms with E-state index >= 15 is 0 Å². The lowest BCUT2D eigenvalue weighted by Crippen LogP contribution is -2.32. The Morgan fingerprint density at radius 1 is 1.17 bits per heavy atom. The second-order valence-corrected chi connectivity index (χ2v) is 7.56. The van der Waals surface area contributed by atoms with Crippen LogP contribution in [0.3, 0.4) is 0 Å². The number of ether oxygens (including phenoxy) is 1. The fourth-order valence-electron chi connectivity index (χ4n) is 3.60. The second kappa shape index (κ2) is 9.17. The van der Waals surface area contributed by atoms with Crippen molar-refractivity contribution >= 4 is 17.4 Å². The summed E-state index contributed by atoms with van der Waals surface area (Å²) in [6, 6.07) is 9.55. The van der Waals surface area contributed by atoms with Crippen molar-refractivity contribution in [1.29, 1.82) is 0 Å². The van der Waals surface area contributed by atoms with Gasteiger partial charge in [-0.15, -0.1) is 0 Å². The van der Waals surface area contributed by atoms with Gasteiger partial charge in [0.05, 0.1) is 12.2 Å². The molecule has 1 unspecified atom stereocenters. The van der Waals surface area contributed by atoms with E-state index in [1.54, 1.807) is 43.3 Å². The summed E-state index contributed by atoms with van der Waals surface area (Å²) in [7, 11) is 3.90. The first-order valence-corrected chi connectivity index (χ1v) is 10.1. The molecule has 0 aliphatic carbocycles. The molecule has 1 atom stereocenters. The molecule has 7 nitrogen and oxygen atoms in total. The first-order valence-electron chi connectivity index (χ1n) is 10.1. The molecule has 1 fully saturated rings. The Hall–Kier alpha value is -3.06. The predicted octanol–water partition coefficient (Wildman–Crippen LogP) is 3.36. The third-order valence-corrected chi connectivity index (χ3v) is 5.01. The van der Waals surface area contributed by atoms with Crippen LogP contribution in [-0.2, 0) is 9.59 Å². The van der Waals surface area contributed by atoms with E-state index < -0.39 is 17.7 Å². The van der Waals surface area contributed by atoms with E-state index in [0.717, 1.165) is 6.54 Å². The predicted molar refractivity (Wildman–Crippen MR) is 113 cm³/mol. The summed E-state index contributed by atoms with van der Waals surface area (Å²) >= 11 is 0. The van der Waals surface area contributed by atoms with Crippen molar-refractivity contribution in [2.45, 2.75) is 26.3 Å². The highest BCUT2D eigenvalue weighted by atomic mass is 16.5. The topological polar surface area (TPSA) is 83.2 Å². The van der Waals surface area contributed by atoms with Crippen LogP contribution < -0.4 is 4.74 Å². The first kappa shape index (κ1) is 21.6. The highest BCUT2D eigenvalue weighted by molar-refractivity contribution is 6.46. The number of carbonyl (C=O) groups excluding carboxylic acids is 2. The number of ketones is 1. The van der Waals surface area contributed by atoms with E-state index in [4.69, 9.17) is 9.15 Å². The molecule has 160 valence electrons. The molecule has 30 heavy (non-hydrogen) atoms.